The second kappa shape index (κ2) is 19.0. The number of ether oxygens (including phenoxy) is 1. The molecule has 0 radical (unpaired) electrons. The molecule has 4 N–H and O–H groups in total. The average Bonchev–Trinajstić information content (AvgIpc) is 2.90. The Morgan fingerprint density at radius 3 is 2.23 bits per heavy atom. The number of carbonyl (C=O) groups is 2. The van der Waals surface area contributed by atoms with Crippen LogP contribution in [0.2, 0.25) is 0 Å². The van der Waals surface area contributed by atoms with E-state index in [0.29, 0.717) is 30.7 Å². The Labute approximate surface area is 262 Å². The number of urea groups is 1. The van der Waals surface area contributed by atoms with Gasteiger partial charge in [-0.15, -0.1) is 0 Å². The van der Waals surface area contributed by atoms with E-state index in [9.17, 15) is 9.59 Å². The molecule has 0 aromatic heterocycles. The minimum atomic E-state index is -0.312. The number of rotatable bonds is 18. The largest absolute Gasteiger partial charge is 0.449 e. The van der Waals surface area contributed by atoms with E-state index in [-0.39, 0.29) is 29.0 Å². The summed E-state index contributed by atoms with van der Waals surface area (Å²) in [4.78, 5) is 29.9. The summed E-state index contributed by atoms with van der Waals surface area (Å²) < 4.78 is 5.85. The number of amides is 3. The van der Waals surface area contributed by atoms with Gasteiger partial charge in [0.2, 0.25) is 5.96 Å². The number of allylic oxidation sites excluding steroid dienone is 2. The van der Waals surface area contributed by atoms with Crippen LogP contribution in [0.4, 0.5) is 9.59 Å². The summed E-state index contributed by atoms with van der Waals surface area (Å²) >= 11 is 0. The number of carbonyl (C=O) groups excluding carboxylic acids is 2. The molecular weight excluding hydrogens is 538 g/mol. The summed E-state index contributed by atoms with van der Waals surface area (Å²) in [5.74, 6) is 0.809. The van der Waals surface area contributed by atoms with Crippen LogP contribution in [0, 0.1) is 16.7 Å². The molecule has 8 heteroatoms. The molecular formula is C35H63N5O3. The Bertz CT molecular complexity index is 944. The number of nitrogens with zero attached hydrogens (tertiary/aromatic N) is 1. The molecule has 1 fully saturated rings. The zero-order chi connectivity index (χ0) is 31.7. The Morgan fingerprint density at radius 2 is 1.60 bits per heavy atom. The van der Waals surface area contributed by atoms with Crippen LogP contribution in [0.3, 0.4) is 0 Å². The Kier molecular flexibility index (Phi) is 16.2. The highest BCUT2D eigenvalue weighted by Crippen LogP contribution is 2.45. The van der Waals surface area contributed by atoms with Gasteiger partial charge in [-0.25, -0.2) is 14.6 Å². The molecule has 1 aliphatic heterocycles. The Balaban J connectivity index is 1.83. The van der Waals surface area contributed by atoms with Gasteiger partial charge in [0, 0.05) is 18.3 Å². The van der Waals surface area contributed by atoms with Crippen molar-refractivity contribution in [1.29, 1.82) is 0 Å². The lowest BCUT2D eigenvalue weighted by atomic mass is 9.62. The van der Waals surface area contributed by atoms with Crippen LogP contribution < -0.4 is 21.3 Å². The van der Waals surface area contributed by atoms with Gasteiger partial charge in [0.25, 0.3) is 0 Å². The van der Waals surface area contributed by atoms with Crippen LogP contribution in [-0.2, 0) is 4.74 Å². The molecule has 43 heavy (non-hydrogen) atoms. The summed E-state index contributed by atoms with van der Waals surface area (Å²) in [5, 5.41) is 12.0. The first-order valence-electron chi connectivity index (χ1n) is 17.1. The molecule has 8 nitrogen and oxygen atoms in total. The average molecular weight is 602 g/mol. The van der Waals surface area contributed by atoms with E-state index in [1.54, 1.807) is 0 Å². The number of guanidine groups is 1. The fraction of sp³-hybridized carbons (Fsp3) is 0.800. The number of hydrogen-bond acceptors (Lipinski definition) is 5. The van der Waals surface area contributed by atoms with Crippen molar-refractivity contribution in [2.45, 2.75) is 150 Å². The minimum absolute atomic E-state index is 0.00210. The van der Waals surface area contributed by atoms with Gasteiger partial charge in [-0.05, 0) is 61.9 Å². The second-order valence-electron chi connectivity index (χ2n) is 14.3. The summed E-state index contributed by atoms with van der Waals surface area (Å²) in [5.41, 5.74) is 1.32. The lowest BCUT2D eigenvalue weighted by molar-refractivity contribution is 0.0633. The van der Waals surface area contributed by atoms with Gasteiger partial charge < -0.3 is 20.7 Å². The minimum Gasteiger partial charge on any atom is -0.449 e. The molecule has 3 atom stereocenters. The lowest BCUT2D eigenvalue weighted by Gasteiger charge is -2.46. The summed E-state index contributed by atoms with van der Waals surface area (Å²) in [7, 11) is 0. The summed E-state index contributed by atoms with van der Waals surface area (Å²) in [6.07, 6.45) is 20.5. The van der Waals surface area contributed by atoms with Gasteiger partial charge in [-0.2, -0.15) is 0 Å². The predicted molar refractivity (Wildman–Crippen MR) is 179 cm³/mol. The topological polar surface area (TPSA) is 104 Å². The maximum atomic E-state index is 13.0. The molecule has 2 rings (SSSR count). The molecule has 2 aliphatic rings. The highest BCUT2D eigenvalue weighted by Gasteiger charge is 2.42. The molecule has 0 aromatic carbocycles. The third kappa shape index (κ3) is 15.7. The monoisotopic (exact) mass is 601 g/mol. The van der Waals surface area contributed by atoms with Gasteiger partial charge in [0.15, 0.2) is 0 Å². The standard InChI is InChI=1S/C35H63N5O3/c1-8-10-12-14-15-16-18-20-29(19-17-13-11-9-2)24-43-33(42)39-30-22-34(5,6)25-35(7,23-30)26-36-32(41)40-31-37-27(3)21-28(4)38-31/h21,29-30H,3,8-20,22-26H2,1-2,4-7H3,(H,39,42)(H3,36,37,38,40,41). The summed E-state index contributed by atoms with van der Waals surface area (Å²) in [6.45, 7) is 17.9. The quantitative estimate of drug-likeness (QED) is 0.118. The van der Waals surface area contributed by atoms with Gasteiger partial charge in [0.05, 0.1) is 12.3 Å². The fourth-order valence-corrected chi connectivity index (χ4v) is 7.01. The first-order valence-corrected chi connectivity index (χ1v) is 17.1. The van der Waals surface area contributed by atoms with Crippen LogP contribution in [0.15, 0.2) is 29.0 Å². The first kappa shape index (κ1) is 36.7. The fourth-order valence-electron chi connectivity index (χ4n) is 7.01. The zero-order valence-corrected chi connectivity index (χ0v) is 28.3. The number of hydrogen-bond donors (Lipinski definition) is 4. The molecule has 3 unspecified atom stereocenters. The molecule has 3 amide bonds. The zero-order valence-electron chi connectivity index (χ0n) is 28.3. The van der Waals surface area contributed by atoms with Gasteiger partial charge in [0.1, 0.15) is 0 Å². The molecule has 246 valence electrons. The molecule has 1 aliphatic carbocycles. The highest BCUT2D eigenvalue weighted by molar-refractivity contribution is 5.98. The maximum absolute atomic E-state index is 13.0. The predicted octanol–water partition coefficient (Wildman–Crippen LogP) is 8.70. The van der Waals surface area contributed by atoms with Crippen LogP contribution >= 0.6 is 0 Å². The van der Waals surface area contributed by atoms with Crippen molar-refractivity contribution >= 4 is 18.1 Å². The van der Waals surface area contributed by atoms with Crippen LogP contribution in [-0.4, -0.2) is 37.3 Å². The van der Waals surface area contributed by atoms with Gasteiger partial charge in [-0.1, -0.05) is 112 Å². The molecule has 1 saturated carbocycles. The van der Waals surface area contributed by atoms with E-state index in [1.165, 1.54) is 70.6 Å². The Morgan fingerprint density at radius 1 is 1.00 bits per heavy atom. The third-order valence-corrected chi connectivity index (χ3v) is 8.76. The van der Waals surface area contributed by atoms with Crippen molar-refractivity contribution in [1.82, 2.24) is 21.3 Å². The normalized spacial score (nSPS) is 22.1. The maximum Gasteiger partial charge on any atom is 0.407 e. The van der Waals surface area contributed by atoms with Crippen molar-refractivity contribution < 1.29 is 14.3 Å². The number of nitrogens with one attached hydrogen (secondary N) is 4. The number of aliphatic imine (C=N–C) groups is 1. The highest BCUT2D eigenvalue weighted by atomic mass is 16.5. The SMILES string of the molecule is C=C1C=C(C)NC(NC(=O)NCC2(C)CC(NC(=O)OCC(CCCCCC)CCCCCCCCC)CC(C)(C)C2)=N1. The van der Waals surface area contributed by atoms with E-state index in [2.05, 4.69) is 67.5 Å². The van der Waals surface area contributed by atoms with E-state index >= 15 is 0 Å². The molecule has 0 spiro atoms. The van der Waals surface area contributed by atoms with Crippen molar-refractivity contribution in [3.63, 3.8) is 0 Å². The van der Waals surface area contributed by atoms with Crippen molar-refractivity contribution in [2.75, 3.05) is 13.2 Å². The van der Waals surface area contributed by atoms with Crippen molar-refractivity contribution in [3.8, 4) is 0 Å². The van der Waals surface area contributed by atoms with Crippen LogP contribution in [0.25, 0.3) is 0 Å². The van der Waals surface area contributed by atoms with Crippen LogP contribution in [0.1, 0.15) is 144 Å². The molecule has 0 saturated heterocycles. The Hall–Kier alpha value is -2.51. The van der Waals surface area contributed by atoms with Crippen molar-refractivity contribution in [2.24, 2.45) is 21.7 Å². The van der Waals surface area contributed by atoms with E-state index in [4.69, 9.17) is 4.74 Å². The smallest absolute Gasteiger partial charge is 0.407 e. The van der Waals surface area contributed by atoms with Gasteiger partial charge in [-0.3, -0.25) is 5.32 Å². The number of alkyl carbamates (subject to hydrolysis) is 1. The molecule has 1 heterocycles. The van der Waals surface area contributed by atoms with E-state index in [1.807, 2.05) is 13.0 Å². The van der Waals surface area contributed by atoms with Crippen molar-refractivity contribution in [3.05, 3.63) is 24.0 Å². The van der Waals surface area contributed by atoms with E-state index in [0.717, 1.165) is 37.8 Å². The molecule has 0 aromatic rings. The lowest BCUT2D eigenvalue weighted by Crippen LogP contribution is -2.53. The number of unbranched alkanes of at least 4 members (excludes halogenated alkanes) is 9. The summed E-state index contributed by atoms with van der Waals surface area (Å²) in [6, 6.07) is -0.314. The molecule has 0 bridgehead atoms. The third-order valence-electron chi connectivity index (χ3n) is 8.76. The first-order chi connectivity index (χ1) is 20.4. The van der Waals surface area contributed by atoms with Gasteiger partial charge >= 0.3 is 12.1 Å². The van der Waals surface area contributed by atoms with Crippen LogP contribution in [0.5, 0.6) is 0 Å². The second-order valence-corrected chi connectivity index (χ2v) is 14.3. The van der Waals surface area contributed by atoms with E-state index < -0.39 is 0 Å².